The minimum Gasteiger partial charge on any atom is -0.355 e. The maximum atomic E-state index is 4.93. The van der Waals surface area contributed by atoms with Crippen molar-refractivity contribution < 1.29 is 0 Å². The summed E-state index contributed by atoms with van der Waals surface area (Å²) in [7, 11) is 0. The summed E-state index contributed by atoms with van der Waals surface area (Å²) in [5.74, 6) is 2.03. The van der Waals surface area contributed by atoms with Crippen molar-refractivity contribution in [3.63, 3.8) is 0 Å². The van der Waals surface area contributed by atoms with E-state index in [9.17, 15) is 0 Å². The SMILES string of the molecule is Cc1cc(Cc2ccc3c(c2)[nH]c2ccccc23)cc(-c2nc(-c3ccccc3)nc(-c3ccccc3)n2)c1. The molecule has 0 fully saturated rings. The van der Waals surface area contributed by atoms with Gasteiger partial charge in [-0.2, -0.15) is 0 Å². The van der Waals surface area contributed by atoms with E-state index in [1.807, 2.05) is 60.7 Å². The molecule has 7 rings (SSSR count). The number of hydrogen-bond acceptors (Lipinski definition) is 3. The van der Waals surface area contributed by atoms with Crippen molar-refractivity contribution in [2.75, 3.05) is 0 Å². The fourth-order valence-corrected chi connectivity index (χ4v) is 5.28. The summed E-state index contributed by atoms with van der Waals surface area (Å²) in [6.45, 7) is 2.13. The van der Waals surface area contributed by atoms with E-state index in [2.05, 4.69) is 72.6 Å². The molecule has 186 valence electrons. The maximum Gasteiger partial charge on any atom is 0.164 e. The summed E-state index contributed by atoms with van der Waals surface area (Å²) in [5, 5.41) is 2.52. The van der Waals surface area contributed by atoms with Crippen LogP contribution in [0.15, 0.2) is 121 Å². The lowest BCUT2D eigenvalue weighted by Gasteiger charge is -2.11. The predicted molar refractivity (Wildman–Crippen MR) is 159 cm³/mol. The van der Waals surface area contributed by atoms with Crippen LogP contribution in [0.2, 0.25) is 0 Å². The summed E-state index contributed by atoms with van der Waals surface area (Å²) < 4.78 is 0. The van der Waals surface area contributed by atoms with Gasteiger partial charge in [-0.25, -0.2) is 15.0 Å². The van der Waals surface area contributed by atoms with Gasteiger partial charge in [0, 0.05) is 38.5 Å². The largest absolute Gasteiger partial charge is 0.355 e. The molecule has 0 amide bonds. The van der Waals surface area contributed by atoms with Gasteiger partial charge in [-0.15, -0.1) is 0 Å². The lowest BCUT2D eigenvalue weighted by atomic mass is 9.99. The van der Waals surface area contributed by atoms with Crippen LogP contribution >= 0.6 is 0 Å². The van der Waals surface area contributed by atoms with Gasteiger partial charge in [0.2, 0.25) is 0 Å². The van der Waals surface area contributed by atoms with Gasteiger partial charge in [0.05, 0.1) is 0 Å². The zero-order valence-corrected chi connectivity index (χ0v) is 21.6. The van der Waals surface area contributed by atoms with Crippen LogP contribution in [0.1, 0.15) is 16.7 Å². The lowest BCUT2D eigenvalue weighted by Crippen LogP contribution is -2.01. The van der Waals surface area contributed by atoms with Crippen LogP contribution in [-0.4, -0.2) is 19.9 Å². The first-order valence-corrected chi connectivity index (χ1v) is 13.2. The van der Waals surface area contributed by atoms with Gasteiger partial charge in [-0.1, -0.05) is 103 Å². The summed E-state index contributed by atoms with van der Waals surface area (Å²) in [4.78, 5) is 18.3. The Hall–Kier alpha value is -5.09. The number of para-hydroxylation sites is 1. The highest BCUT2D eigenvalue weighted by Crippen LogP contribution is 2.29. The minimum atomic E-state index is 0.673. The quantitative estimate of drug-likeness (QED) is 0.257. The lowest BCUT2D eigenvalue weighted by molar-refractivity contribution is 1.07. The fraction of sp³-hybridized carbons (Fsp3) is 0.0571. The molecular formula is C35H26N4. The molecule has 4 nitrogen and oxygen atoms in total. The molecule has 0 aliphatic heterocycles. The summed E-state index contributed by atoms with van der Waals surface area (Å²) in [6.07, 6.45) is 0.822. The highest BCUT2D eigenvalue weighted by Gasteiger charge is 2.13. The number of rotatable bonds is 5. The minimum absolute atomic E-state index is 0.673. The van der Waals surface area contributed by atoms with Gasteiger partial charge >= 0.3 is 0 Å². The van der Waals surface area contributed by atoms with E-state index < -0.39 is 0 Å². The van der Waals surface area contributed by atoms with Gasteiger partial charge in [-0.3, -0.25) is 0 Å². The van der Waals surface area contributed by atoms with Gasteiger partial charge in [0.15, 0.2) is 17.5 Å². The molecule has 2 heterocycles. The predicted octanol–water partition coefficient (Wildman–Crippen LogP) is 8.41. The third-order valence-electron chi connectivity index (χ3n) is 7.07. The molecule has 2 aromatic heterocycles. The van der Waals surface area contributed by atoms with Crippen molar-refractivity contribution in [2.45, 2.75) is 13.3 Å². The molecule has 0 aliphatic carbocycles. The molecular weight excluding hydrogens is 476 g/mol. The fourth-order valence-electron chi connectivity index (χ4n) is 5.28. The Balaban J connectivity index is 1.29. The second kappa shape index (κ2) is 9.66. The van der Waals surface area contributed by atoms with Crippen LogP contribution in [0.4, 0.5) is 0 Å². The van der Waals surface area contributed by atoms with Crippen molar-refractivity contribution in [1.29, 1.82) is 0 Å². The summed E-state index contributed by atoms with van der Waals surface area (Å²) in [6, 6.07) is 42.0. The average Bonchev–Trinajstić information content (AvgIpc) is 3.35. The molecule has 0 unspecified atom stereocenters. The highest BCUT2D eigenvalue weighted by molar-refractivity contribution is 6.07. The second-order valence-corrected chi connectivity index (χ2v) is 9.97. The summed E-state index contributed by atoms with van der Waals surface area (Å²) >= 11 is 0. The van der Waals surface area contributed by atoms with Crippen LogP contribution in [-0.2, 0) is 6.42 Å². The molecule has 0 atom stereocenters. The second-order valence-electron chi connectivity index (χ2n) is 9.97. The molecule has 5 aromatic carbocycles. The van der Waals surface area contributed by atoms with E-state index in [1.165, 1.54) is 38.5 Å². The van der Waals surface area contributed by atoms with Crippen LogP contribution < -0.4 is 0 Å². The van der Waals surface area contributed by atoms with Gasteiger partial charge < -0.3 is 4.98 Å². The van der Waals surface area contributed by atoms with Gasteiger partial charge in [0.1, 0.15) is 0 Å². The van der Waals surface area contributed by atoms with E-state index in [0.29, 0.717) is 17.5 Å². The first kappa shape index (κ1) is 23.1. The van der Waals surface area contributed by atoms with E-state index in [4.69, 9.17) is 15.0 Å². The maximum absolute atomic E-state index is 4.93. The molecule has 0 spiro atoms. The Morgan fingerprint density at radius 3 is 1.77 bits per heavy atom. The van der Waals surface area contributed by atoms with E-state index in [-0.39, 0.29) is 0 Å². The Kier molecular flexibility index (Phi) is 5.71. The van der Waals surface area contributed by atoms with Crippen LogP contribution in [0.3, 0.4) is 0 Å². The number of nitrogens with one attached hydrogen (secondary N) is 1. The van der Waals surface area contributed by atoms with Crippen LogP contribution in [0.5, 0.6) is 0 Å². The highest BCUT2D eigenvalue weighted by atomic mass is 15.0. The number of fused-ring (bicyclic) bond motifs is 3. The van der Waals surface area contributed by atoms with E-state index >= 15 is 0 Å². The molecule has 0 saturated carbocycles. The zero-order valence-electron chi connectivity index (χ0n) is 21.6. The first-order valence-electron chi connectivity index (χ1n) is 13.2. The molecule has 0 radical (unpaired) electrons. The molecule has 1 N–H and O–H groups in total. The van der Waals surface area contributed by atoms with Gasteiger partial charge in [0.25, 0.3) is 0 Å². The molecule has 0 saturated heterocycles. The normalized spacial score (nSPS) is 11.3. The van der Waals surface area contributed by atoms with Crippen molar-refractivity contribution in [3.05, 3.63) is 138 Å². The monoisotopic (exact) mass is 502 g/mol. The standard InChI is InChI=1S/C35H26N4/c1-23-18-25(20-24-16-17-30-29-14-8-9-15-31(29)36-32(30)22-24)21-28(19-23)35-38-33(26-10-4-2-5-11-26)37-34(39-35)27-12-6-3-7-13-27/h2-19,21-22,36H,20H2,1H3. The molecule has 4 heteroatoms. The van der Waals surface area contributed by atoms with E-state index in [0.717, 1.165) is 23.1 Å². The number of benzene rings is 5. The Morgan fingerprint density at radius 2 is 1.08 bits per heavy atom. The third kappa shape index (κ3) is 4.57. The van der Waals surface area contributed by atoms with Crippen molar-refractivity contribution in [2.24, 2.45) is 0 Å². The van der Waals surface area contributed by atoms with Gasteiger partial charge in [-0.05, 0) is 48.7 Å². The number of aryl methyl sites for hydroxylation is 1. The average molecular weight is 503 g/mol. The number of aromatic amines is 1. The number of H-pyrrole nitrogens is 1. The Labute approximate surface area is 227 Å². The third-order valence-corrected chi connectivity index (χ3v) is 7.07. The molecule has 7 aromatic rings. The Morgan fingerprint density at radius 1 is 0.487 bits per heavy atom. The van der Waals surface area contributed by atoms with Crippen LogP contribution in [0, 0.1) is 6.92 Å². The first-order chi connectivity index (χ1) is 19.2. The molecule has 0 aliphatic rings. The number of nitrogens with zero attached hydrogens (tertiary/aromatic N) is 3. The van der Waals surface area contributed by atoms with Crippen molar-refractivity contribution >= 4 is 21.8 Å². The summed E-state index contributed by atoms with van der Waals surface area (Å²) in [5.41, 5.74) is 8.93. The zero-order chi connectivity index (χ0) is 26.2. The van der Waals surface area contributed by atoms with E-state index in [1.54, 1.807) is 0 Å². The molecule has 0 bridgehead atoms. The van der Waals surface area contributed by atoms with Crippen molar-refractivity contribution in [3.8, 4) is 34.2 Å². The molecule has 39 heavy (non-hydrogen) atoms. The van der Waals surface area contributed by atoms with Crippen LogP contribution in [0.25, 0.3) is 56.0 Å². The Bertz CT molecular complexity index is 1880. The smallest absolute Gasteiger partial charge is 0.164 e. The topological polar surface area (TPSA) is 54.5 Å². The number of hydrogen-bond donors (Lipinski definition) is 1. The number of aromatic nitrogens is 4. The van der Waals surface area contributed by atoms with Crippen molar-refractivity contribution in [1.82, 2.24) is 19.9 Å².